The Kier molecular flexibility index (Phi) is 3.36. The monoisotopic (exact) mass is 304 g/mol. The molecule has 0 aliphatic rings. The molecule has 2 heterocycles. The summed E-state index contributed by atoms with van der Waals surface area (Å²) in [6, 6.07) is 5.58. The Morgan fingerprint density at radius 1 is 1.40 bits per heavy atom. The maximum atomic E-state index is 11.2. The molecule has 0 amide bonds. The summed E-state index contributed by atoms with van der Waals surface area (Å²) < 4.78 is 2.03. The molecule has 0 atom stereocenters. The smallest absolute Gasteiger partial charge is 0.152 e. The first-order valence-electron chi connectivity index (χ1n) is 6.25. The lowest BCUT2D eigenvalue weighted by Crippen LogP contribution is -1.97. The zero-order valence-electron chi connectivity index (χ0n) is 11.2. The first-order chi connectivity index (χ1) is 9.58. The molecule has 0 spiro atoms. The normalized spacial score (nSPS) is 11.2. The fourth-order valence-electron chi connectivity index (χ4n) is 2.27. The van der Waals surface area contributed by atoms with Crippen LogP contribution in [0.4, 0.5) is 0 Å². The standard InChI is InChI=1S/C15H13ClN2OS/c1-9-10(2)20-15(17-9)7-18-6-11(8-19)13-4-3-12(16)5-14(13)18/h3-6,8H,7H2,1-2H3. The molecule has 3 rings (SSSR count). The van der Waals surface area contributed by atoms with Gasteiger partial charge in [-0.05, 0) is 26.0 Å². The third kappa shape index (κ3) is 2.25. The van der Waals surface area contributed by atoms with Crippen molar-refractivity contribution in [3.63, 3.8) is 0 Å². The van der Waals surface area contributed by atoms with Gasteiger partial charge < -0.3 is 4.57 Å². The second kappa shape index (κ2) is 5.04. The second-order valence-electron chi connectivity index (χ2n) is 4.74. The van der Waals surface area contributed by atoms with Crippen LogP contribution in [0.1, 0.15) is 25.9 Å². The number of hydrogen-bond donors (Lipinski definition) is 0. The molecule has 102 valence electrons. The van der Waals surface area contributed by atoms with E-state index in [1.807, 2.05) is 29.8 Å². The number of aldehydes is 1. The lowest BCUT2D eigenvalue weighted by Gasteiger charge is -2.02. The van der Waals surface area contributed by atoms with E-state index >= 15 is 0 Å². The van der Waals surface area contributed by atoms with Gasteiger partial charge in [-0.3, -0.25) is 4.79 Å². The number of thiazole rings is 1. The molecule has 20 heavy (non-hydrogen) atoms. The molecule has 3 nitrogen and oxygen atoms in total. The largest absolute Gasteiger partial charge is 0.340 e. The third-order valence-electron chi connectivity index (χ3n) is 3.38. The summed E-state index contributed by atoms with van der Waals surface area (Å²) in [6.07, 6.45) is 2.74. The highest BCUT2D eigenvalue weighted by molar-refractivity contribution is 7.11. The van der Waals surface area contributed by atoms with Gasteiger partial charge in [0.05, 0.1) is 17.8 Å². The van der Waals surface area contributed by atoms with Crippen molar-refractivity contribution in [2.75, 3.05) is 0 Å². The molecule has 5 heteroatoms. The fraction of sp³-hybridized carbons (Fsp3) is 0.200. The van der Waals surface area contributed by atoms with Crippen LogP contribution >= 0.6 is 22.9 Å². The van der Waals surface area contributed by atoms with Crippen LogP contribution in [-0.4, -0.2) is 15.8 Å². The Hall–Kier alpha value is -1.65. The number of rotatable bonds is 3. The highest BCUT2D eigenvalue weighted by atomic mass is 35.5. The Morgan fingerprint density at radius 3 is 2.85 bits per heavy atom. The number of carbonyl (C=O) groups excluding carboxylic acids is 1. The molecule has 0 aliphatic carbocycles. The topological polar surface area (TPSA) is 34.9 Å². The predicted octanol–water partition coefficient (Wildman–Crippen LogP) is 4.23. The van der Waals surface area contributed by atoms with Gasteiger partial charge in [0.1, 0.15) is 5.01 Å². The van der Waals surface area contributed by atoms with Crippen LogP contribution in [-0.2, 0) is 6.54 Å². The van der Waals surface area contributed by atoms with Gasteiger partial charge >= 0.3 is 0 Å². The minimum atomic E-state index is 0.657. The van der Waals surface area contributed by atoms with Crippen molar-refractivity contribution >= 4 is 40.1 Å². The third-order valence-corrected chi connectivity index (χ3v) is 4.67. The Labute approximate surface area is 125 Å². The molecule has 0 saturated carbocycles. The number of nitrogens with zero attached hydrogens (tertiary/aromatic N) is 2. The van der Waals surface area contributed by atoms with Crippen LogP contribution in [0.2, 0.25) is 5.02 Å². The summed E-state index contributed by atoms with van der Waals surface area (Å²) in [7, 11) is 0. The molecule has 0 N–H and O–H groups in total. The summed E-state index contributed by atoms with van der Waals surface area (Å²) in [4.78, 5) is 16.9. The zero-order chi connectivity index (χ0) is 14.3. The lowest BCUT2D eigenvalue weighted by atomic mass is 10.2. The van der Waals surface area contributed by atoms with E-state index in [4.69, 9.17) is 11.6 Å². The maximum absolute atomic E-state index is 11.2. The number of aromatic nitrogens is 2. The first-order valence-corrected chi connectivity index (χ1v) is 7.44. The molecule has 3 aromatic rings. The highest BCUT2D eigenvalue weighted by Crippen LogP contribution is 2.26. The van der Waals surface area contributed by atoms with Crippen molar-refractivity contribution in [1.29, 1.82) is 0 Å². The van der Waals surface area contributed by atoms with Gasteiger partial charge in [-0.15, -0.1) is 11.3 Å². The number of benzene rings is 1. The summed E-state index contributed by atoms with van der Waals surface area (Å²) >= 11 is 7.75. The lowest BCUT2D eigenvalue weighted by molar-refractivity contribution is 0.112. The number of halogens is 1. The van der Waals surface area contributed by atoms with E-state index in [2.05, 4.69) is 11.9 Å². The van der Waals surface area contributed by atoms with Crippen molar-refractivity contribution in [1.82, 2.24) is 9.55 Å². The first kappa shape index (κ1) is 13.3. The molecule has 1 aromatic carbocycles. The van der Waals surface area contributed by atoms with Crippen LogP contribution in [0.3, 0.4) is 0 Å². The molecular formula is C15H13ClN2OS. The molecule has 0 fully saturated rings. The van der Waals surface area contributed by atoms with Gasteiger partial charge in [0, 0.05) is 27.0 Å². The van der Waals surface area contributed by atoms with Crippen LogP contribution in [0.5, 0.6) is 0 Å². The van der Waals surface area contributed by atoms with Crippen LogP contribution in [0.15, 0.2) is 24.4 Å². The number of aryl methyl sites for hydroxylation is 2. The predicted molar refractivity (Wildman–Crippen MR) is 83.0 cm³/mol. The van der Waals surface area contributed by atoms with Gasteiger partial charge in [-0.1, -0.05) is 17.7 Å². The van der Waals surface area contributed by atoms with E-state index in [1.54, 1.807) is 17.4 Å². The van der Waals surface area contributed by atoms with Crippen molar-refractivity contribution in [2.24, 2.45) is 0 Å². The Balaban J connectivity index is 2.10. The number of hydrogen-bond acceptors (Lipinski definition) is 3. The van der Waals surface area contributed by atoms with Crippen LogP contribution in [0, 0.1) is 13.8 Å². The van der Waals surface area contributed by atoms with E-state index in [9.17, 15) is 4.79 Å². The van der Waals surface area contributed by atoms with E-state index in [0.717, 1.165) is 27.9 Å². The quantitative estimate of drug-likeness (QED) is 0.679. The molecule has 0 saturated heterocycles. The zero-order valence-corrected chi connectivity index (χ0v) is 12.8. The number of carbonyl (C=O) groups is 1. The van der Waals surface area contributed by atoms with Crippen molar-refractivity contribution in [3.05, 3.63) is 50.6 Å². The van der Waals surface area contributed by atoms with Crippen LogP contribution < -0.4 is 0 Å². The molecule has 0 bridgehead atoms. The van der Waals surface area contributed by atoms with Gasteiger partial charge in [-0.25, -0.2) is 4.98 Å². The number of fused-ring (bicyclic) bond motifs is 1. The average Bonchev–Trinajstić information content (AvgIpc) is 2.91. The van der Waals surface area contributed by atoms with Crippen molar-refractivity contribution in [3.8, 4) is 0 Å². The summed E-state index contributed by atoms with van der Waals surface area (Å²) in [6.45, 7) is 4.73. The molecule has 2 aromatic heterocycles. The van der Waals surface area contributed by atoms with Gasteiger partial charge in [0.15, 0.2) is 6.29 Å². The van der Waals surface area contributed by atoms with Gasteiger partial charge in [-0.2, -0.15) is 0 Å². The minimum Gasteiger partial charge on any atom is -0.340 e. The van der Waals surface area contributed by atoms with Gasteiger partial charge in [0.2, 0.25) is 0 Å². The highest BCUT2D eigenvalue weighted by Gasteiger charge is 2.11. The average molecular weight is 305 g/mol. The second-order valence-corrected chi connectivity index (χ2v) is 6.47. The van der Waals surface area contributed by atoms with Crippen molar-refractivity contribution < 1.29 is 4.79 Å². The summed E-state index contributed by atoms with van der Waals surface area (Å²) in [5.74, 6) is 0. The van der Waals surface area contributed by atoms with E-state index in [-0.39, 0.29) is 0 Å². The van der Waals surface area contributed by atoms with E-state index in [1.165, 1.54) is 4.88 Å². The molecular weight excluding hydrogens is 292 g/mol. The van der Waals surface area contributed by atoms with E-state index < -0.39 is 0 Å². The minimum absolute atomic E-state index is 0.657. The van der Waals surface area contributed by atoms with Crippen LogP contribution in [0.25, 0.3) is 10.9 Å². The Morgan fingerprint density at radius 2 is 2.20 bits per heavy atom. The summed E-state index contributed by atoms with van der Waals surface area (Å²) in [5, 5.41) is 2.63. The fourth-order valence-corrected chi connectivity index (χ4v) is 3.37. The Bertz CT molecular complexity index is 784. The molecule has 0 radical (unpaired) electrons. The van der Waals surface area contributed by atoms with Gasteiger partial charge in [0.25, 0.3) is 0 Å². The maximum Gasteiger partial charge on any atom is 0.152 e. The van der Waals surface area contributed by atoms with E-state index in [0.29, 0.717) is 17.1 Å². The molecule has 0 aliphatic heterocycles. The summed E-state index contributed by atoms with van der Waals surface area (Å²) in [5.41, 5.74) is 2.71. The molecule has 0 unspecified atom stereocenters. The SMILES string of the molecule is Cc1nc(Cn2cc(C=O)c3ccc(Cl)cc32)sc1C. The van der Waals surface area contributed by atoms with Crippen molar-refractivity contribution in [2.45, 2.75) is 20.4 Å².